The Morgan fingerprint density at radius 2 is 2.47 bits per heavy atom. The average molecular weight is 265 g/mol. The lowest BCUT2D eigenvalue weighted by Gasteiger charge is -2.19. The van der Waals surface area contributed by atoms with Crippen LogP contribution in [-0.2, 0) is 0 Å². The Balaban J connectivity index is 1.87. The van der Waals surface area contributed by atoms with Gasteiger partial charge in [0.2, 0.25) is 5.88 Å². The lowest BCUT2D eigenvalue weighted by atomic mass is 10.1. The molecule has 1 atom stereocenters. The van der Waals surface area contributed by atoms with Crippen LogP contribution in [0.1, 0.15) is 29.6 Å². The van der Waals surface area contributed by atoms with Crippen molar-refractivity contribution in [2.75, 3.05) is 25.9 Å². The van der Waals surface area contributed by atoms with Crippen molar-refractivity contribution in [2.45, 2.75) is 25.3 Å². The van der Waals surface area contributed by atoms with E-state index in [0.29, 0.717) is 18.5 Å². The second-order valence-electron chi connectivity index (χ2n) is 4.84. The zero-order valence-electron chi connectivity index (χ0n) is 11.0. The molecule has 104 valence electrons. The Morgan fingerprint density at radius 1 is 1.68 bits per heavy atom. The predicted molar refractivity (Wildman–Crippen MR) is 71.4 cm³/mol. The van der Waals surface area contributed by atoms with Crippen molar-refractivity contribution in [1.82, 2.24) is 9.88 Å². The molecule has 1 aromatic heterocycles. The molecule has 0 aliphatic carbocycles. The Bertz CT molecular complexity index is 464. The molecule has 1 saturated heterocycles. The van der Waals surface area contributed by atoms with E-state index in [4.69, 9.17) is 15.6 Å². The fourth-order valence-corrected chi connectivity index (χ4v) is 2.34. The van der Waals surface area contributed by atoms with Gasteiger partial charge in [-0.25, -0.2) is 9.78 Å². The van der Waals surface area contributed by atoms with Crippen molar-refractivity contribution in [3.8, 4) is 5.88 Å². The minimum absolute atomic E-state index is 0.0698. The maximum absolute atomic E-state index is 10.7. The first kappa shape index (κ1) is 13.6. The zero-order chi connectivity index (χ0) is 13.8. The van der Waals surface area contributed by atoms with Crippen LogP contribution >= 0.6 is 0 Å². The van der Waals surface area contributed by atoms with Crippen LogP contribution in [0.2, 0.25) is 0 Å². The number of likely N-dealkylation sites (tertiary alicyclic amines) is 1. The number of carboxylic acid groups (broad SMARTS) is 1. The smallest absolute Gasteiger partial charge is 0.337 e. The number of anilines is 1. The van der Waals surface area contributed by atoms with Gasteiger partial charge in [0.05, 0.1) is 17.9 Å². The average Bonchev–Trinajstić information content (AvgIpc) is 2.77. The third-order valence-electron chi connectivity index (χ3n) is 3.49. The van der Waals surface area contributed by atoms with E-state index in [-0.39, 0.29) is 11.3 Å². The molecular formula is C13H19N3O3. The summed E-state index contributed by atoms with van der Waals surface area (Å²) in [4.78, 5) is 17.0. The van der Waals surface area contributed by atoms with Crippen LogP contribution in [-0.4, -0.2) is 47.2 Å². The molecule has 19 heavy (non-hydrogen) atoms. The van der Waals surface area contributed by atoms with Crippen molar-refractivity contribution in [3.63, 3.8) is 0 Å². The molecule has 6 nitrogen and oxygen atoms in total. The van der Waals surface area contributed by atoms with E-state index in [2.05, 4.69) is 16.9 Å². The monoisotopic (exact) mass is 265 g/mol. The molecule has 3 N–H and O–H groups in total. The van der Waals surface area contributed by atoms with Gasteiger partial charge in [-0.15, -0.1) is 0 Å². The van der Waals surface area contributed by atoms with Crippen LogP contribution in [0.5, 0.6) is 5.88 Å². The van der Waals surface area contributed by atoms with E-state index in [9.17, 15) is 4.79 Å². The highest BCUT2D eigenvalue weighted by atomic mass is 16.5. The minimum Gasteiger partial charge on any atom is -0.478 e. The molecule has 0 aromatic carbocycles. The van der Waals surface area contributed by atoms with Crippen LogP contribution in [0.4, 0.5) is 5.69 Å². The largest absolute Gasteiger partial charge is 0.478 e. The summed E-state index contributed by atoms with van der Waals surface area (Å²) in [6.45, 7) is 1.68. The van der Waals surface area contributed by atoms with Crippen LogP contribution in [0.3, 0.4) is 0 Å². The Labute approximate surface area is 112 Å². The van der Waals surface area contributed by atoms with Crippen molar-refractivity contribution in [2.24, 2.45) is 0 Å². The summed E-state index contributed by atoms with van der Waals surface area (Å²) in [5, 5.41) is 8.81. The summed E-state index contributed by atoms with van der Waals surface area (Å²) in [6, 6.07) is 1.92. The molecule has 2 heterocycles. The molecule has 0 spiro atoms. The van der Waals surface area contributed by atoms with Gasteiger partial charge in [-0.05, 0) is 38.9 Å². The van der Waals surface area contributed by atoms with Crippen molar-refractivity contribution in [1.29, 1.82) is 0 Å². The summed E-state index contributed by atoms with van der Waals surface area (Å²) in [6.07, 6.45) is 4.61. The van der Waals surface area contributed by atoms with Crippen LogP contribution in [0, 0.1) is 0 Å². The molecular weight excluding hydrogens is 246 g/mol. The van der Waals surface area contributed by atoms with Crippen LogP contribution < -0.4 is 10.5 Å². The summed E-state index contributed by atoms with van der Waals surface area (Å²) < 4.78 is 5.53. The fraction of sp³-hybridized carbons (Fsp3) is 0.538. The highest BCUT2D eigenvalue weighted by molar-refractivity contribution is 5.88. The predicted octanol–water partition coefficient (Wildman–Crippen LogP) is 1.23. The summed E-state index contributed by atoms with van der Waals surface area (Å²) >= 11 is 0. The standard InChI is InChI=1S/C13H19N3O3/c1-16-5-2-3-10(16)4-6-19-12-11(14)7-9(8-15-12)13(17)18/h7-8,10H,2-6,14H2,1H3,(H,17,18). The van der Waals surface area contributed by atoms with Gasteiger partial charge in [-0.3, -0.25) is 0 Å². The SMILES string of the molecule is CN1CCCC1CCOc1ncc(C(=O)O)cc1N. The van der Waals surface area contributed by atoms with E-state index in [0.717, 1.165) is 13.0 Å². The van der Waals surface area contributed by atoms with Gasteiger partial charge in [-0.2, -0.15) is 0 Å². The molecule has 2 rings (SSSR count). The number of aromatic carboxylic acids is 1. The van der Waals surface area contributed by atoms with E-state index in [1.165, 1.54) is 25.1 Å². The minimum atomic E-state index is -1.04. The normalized spacial score (nSPS) is 19.5. The molecule has 1 unspecified atom stereocenters. The maximum atomic E-state index is 10.7. The van der Waals surface area contributed by atoms with Gasteiger partial charge in [0.15, 0.2) is 0 Å². The highest BCUT2D eigenvalue weighted by Gasteiger charge is 2.20. The first-order valence-electron chi connectivity index (χ1n) is 6.40. The fourth-order valence-electron chi connectivity index (χ4n) is 2.34. The topological polar surface area (TPSA) is 88.7 Å². The third kappa shape index (κ3) is 3.35. The number of rotatable bonds is 5. The molecule has 0 radical (unpaired) electrons. The first-order chi connectivity index (χ1) is 9.08. The van der Waals surface area contributed by atoms with E-state index >= 15 is 0 Å². The number of hydrogen-bond donors (Lipinski definition) is 2. The second-order valence-corrected chi connectivity index (χ2v) is 4.84. The molecule has 1 aliphatic rings. The van der Waals surface area contributed by atoms with Gasteiger partial charge in [0.1, 0.15) is 0 Å². The first-order valence-corrected chi connectivity index (χ1v) is 6.40. The van der Waals surface area contributed by atoms with E-state index < -0.39 is 5.97 Å². The van der Waals surface area contributed by atoms with Crippen LogP contribution in [0.25, 0.3) is 0 Å². The molecule has 0 bridgehead atoms. The Morgan fingerprint density at radius 3 is 3.05 bits per heavy atom. The highest BCUT2D eigenvalue weighted by Crippen LogP contribution is 2.21. The van der Waals surface area contributed by atoms with Crippen molar-refractivity contribution < 1.29 is 14.6 Å². The molecule has 1 aromatic rings. The lowest BCUT2D eigenvalue weighted by Crippen LogP contribution is -2.26. The van der Waals surface area contributed by atoms with Gasteiger partial charge in [0, 0.05) is 12.2 Å². The van der Waals surface area contributed by atoms with Crippen molar-refractivity contribution >= 4 is 11.7 Å². The number of nitrogens with zero attached hydrogens (tertiary/aromatic N) is 2. The zero-order valence-corrected chi connectivity index (χ0v) is 11.0. The molecule has 0 saturated carbocycles. The van der Waals surface area contributed by atoms with Gasteiger partial charge in [0.25, 0.3) is 0 Å². The number of hydrogen-bond acceptors (Lipinski definition) is 5. The number of carbonyl (C=O) groups is 1. The van der Waals surface area contributed by atoms with Gasteiger partial charge < -0.3 is 20.5 Å². The number of nitrogen functional groups attached to an aromatic ring is 1. The molecule has 1 fully saturated rings. The maximum Gasteiger partial charge on any atom is 0.337 e. The summed E-state index contributed by atoms with van der Waals surface area (Å²) in [5.74, 6) is -0.732. The second kappa shape index (κ2) is 5.88. The summed E-state index contributed by atoms with van der Waals surface area (Å²) in [5.41, 5.74) is 6.05. The molecule has 6 heteroatoms. The quantitative estimate of drug-likeness (QED) is 0.832. The van der Waals surface area contributed by atoms with Gasteiger partial charge >= 0.3 is 5.97 Å². The number of pyridine rings is 1. The molecule has 0 amide bonds. The Hall–Kier alpha value is -1.82. The third-order valence-corrected chi connectivity index (χ3v) is 3.49. The summed E-state index contributed by atoms with van der Waals surface area (Å²) in [7, 11) is 2.12. The van der Waals surface area contributed by atoms with Gasteiger partial charge in [-0.1, -0.05) is 0 Å². The Kier molecular flexibility index (Phi) is 4.21. The van der Waals surface area contributed by atoms with Crippen molar-refractivity contribution in [3.05, 3.63) is 17.8 Å². The number of aromatic nitrogens is 1. The number of ether oxygens (including phenoxy) is 1. The van der Waals surface area contributed by atoms with E-state index in [1.54, 1.807) is 0 Å². The number of nitrogens with two attached hydrogens (primary N) is 1. The lowest BCUT2D eigenvalue weighted by molar-refractivity contribution is 0.0696. The van der Waals surface area contributed by atoms with E-state index in [1.807, 2.05) is 0 Å². The molecule has 1 aliphatic heterocycles. The number of carboxylic acids is 1. The van der Waals surface area contributed by atoms with Crippen LogP contribution in [0.15, 0.2) is 12.3 Å².